The molecular formula is C18H24F3N5O. The van der Waals surface area contributed by atoms with Gasteiger partial charge in [-0.25, -0.2) is 4.98 Å². The molecule has 2 heterocycles. The Morgan fingerprint density at radius 2 is 1.78 bits per heavy atom. The first-order valence-corrected chi connectivity index (χ1v) is 9.41. The summed E-state index contributed by atoms with van der Waals surface area (Å²) in [6, 6.07) is 1.26. The van der Waals surface area contributed by atoms with Crippen LogP contribution < -0.4 is 21.7 Å². The fourth-order valence-electron chi connectivity index (χ4n) is 4.34. The molecule has 2 aliphatic carbocycles. The lowest BCUT2D eigenvalue weighted by Crippen LogP contribution is -2.40. The molecule has 4 rings (SSSR count). The Labute approximate surface area is 155 Å². The first kappa shape index (κ1) is 18.2. The summed E-state index contributed by atoms with van der Waals surface area (Å²) in [6.45, 7) is 1.69. The number of carbonyl (C=O) groups excluding carboxylic acids is 1. The second kappa shape index (κ2) is 6.45. The minimum Gasteiger partial charge on any atom is -0.396 e. The summed E-state index contributed by atoms with van der Waals surface area (Å²) in [5, 5.41) is 2.87. The van der Waals surface area contributed by atoms with E-state index in [0.29, 0.717) is 36.1 Å². The minimum atomic E-state index is -4.16. The summed E-state index contributed by atoms with van der Waals surface area (Å²) in [4.78, 5) is 19.2. The lowest BCUT2D eigenvalue weighted by molar-refractivity contribution is -0.182. The van der Waals surface area contributed by atoms with Crippen LogP contribution in [-0.2, 0) is 0 Å². The van der Waals surface area contributed by atoms with Crippen LogP contribution in [0.25, 0.3) is 0 Å². The van der Waals surface area contributed by atoms with Crippen molar-refractivity contribution in [1.29, 1.82) is 0 Å². The number of rotatable bonds is 3. The predicted molar refractivity (Wildman–Crippen MR) is 96.1 cm³/mol. The van der Waals surface area contributed by atoms with Gasteiger partial charge in [-0.05, 0) is 50.0 Å². The minimum absolute atomic E-state index is 0.0406. The zero-order valence-corrected chi connectivity index (χ0v) is 14.9. The number of fused-ring (bicyclic) bond motifs is 1. The molecule has 6 nitrogen and oxygen atoms in total. The fourth-order valence-corrected chi connectivity index (χ4v) is 4.34. The third kappa shape index (κ3) is 3.64. The van der Waals surface area contributed by atoms with E-state index in [0.717, 1.165) is 13.1 Å². The van der Waals surface area contributed by atoms with E-state index in [9.17, 15) is 18.0 Å². The molecule has 3 fully saturated rings. The predicted octanol–water partition coefficient (Wildman–Crippen LogP) is 2.55. The molecule has 0 aromatic carbocycles. The van der Waals surface area contributed by atoms with Crippen LogP contribution >= 0.6 is 0 Å². The SMILES string of the molecule is Nc1cc(C(=O)N[C@H]2CC[C@H](C(F)(F)F)CC2)c(N2CC3CC3C2)nc1N. The number of halogens is 3. The molecule has 1 saturated heterocycles. The maximum absolute atomic E-state index is 12.8. The number of alkyl halides is 3. The smallest absolute Gasteiger partial charge is 0.391 e. The van der Waals surface area contributed by atoms with Gasteiger partial charge in [-0.3, -0.25) is 4.79 Å². The normalized spacial score (nSPS) is 30.1. The van der Waals surface area contributed by atoms with Crippen LogP contribution in [0, 0.1) is 17.8 Å². The van der Waals surface area contributed by atoms with Crippen LogP contribution in [0.15, 0.2) is 6.07 Å². The summed E-state index contributed by atoms with van der Waals surface area (Å²) < 4.78 is 38.4. The summed E-state index contributed by atoms with van der Waals surface area (Å²) in [7, 11) is 0. The Hall–Kier alpha value is -2.19. The summed E-state index contributed by atoms with van der Waals surface area (Å²) in [5.41, 5.74) is 12.3. The highest BCUT2D eigenvalue weighted by Gasteiger charge is 2.46. The molecule has 9 heteroatoms. The first-order chi connectivity index (χ1) is 12.7. The average Bonchev–Trinajstić information content (AvgIpc) is 3.22. The second-order valence-electron chi connectivity index (χ2n) is 8.06. The van der Waals surface area contributed by atoms with Crippen molar-refractivity contribution >= 4 is 23.2 Å². The molecule has 2 atom stereocenters. The highest BCUT2D eigenvalue weighted by Crippen LogP contribution is 2.46. The lowest BCUT2D eigenvalue weighted by atomic mass is 9.85. The number of nitrogens with two attached hydrogens (primary N) is 2. The summed E-state index contributed by atoms with van der Waals surface area (Å²) in [5.74, 6) is 0.396. The number of amides is 1. The van der Waals surface area contributed by atoms with Gasteiger partial charge in [0, 0.05) is 19.1 Å². The van der Waals surface area contributed by atoms with E-state index in [1.165, 1.54) is 12.5 Å². The molecule has 1 aromatic heterocycles. The van der Waals surface area contributed by atoms with Crippen LogP contribution in [0.3, 0.4) is 0 Å². The maximum Gasteiger partial charge on any atom is 0.391 e. The number of nitrogen functional groups attached to an aromatic ring is 2. The van der Waals surface area contributed by atoms with Crippen molar-refractivity contribution in [2.45, 2.75) is 44.3 Å². The number of aromatic nitrogens is 1. The number of nitrogens with zero attached hydrogens (tertiary/aromatic N) is 2. The molecular weight excluding hydrogens is 359 g/mol. The van der Waals surface area contributed by atoms with E-state index in [-0.39, 0.29) is 36.3 Å². The molecule has 1 aromatic rings. The number of hydrogen-bond donors (Lipinski definition) is 3. The number of anilines is 3. The van der Waals surface area contributed by atoms with Crippen LogP contribution in [0.4, 0.5) is 30.5 Å². The molecule has 1 amide bonds. The highest BCUT2D eigenvalue weighted by atomic mass is 19.4. The molecule has 0 bridgehead atoms. The van der Waals surface area contributed by atoms with Crippen molar-refractivity contribution in [3.63, 3.8) is 0 Å². The van der Waals surface area contributed by atoms with Gasteiger partial charge >= 0.3 is 6.18 Å². The number of hydrogen-bond acceptors (Lipinski definition) is 5. The van der Waals surface area contributed by atoms with E-state index in [1.54, 1.807) is 0 Å². The van der Waals surface area contributed by atoms with Gasteiger partial charge in [0.2, 0.25) is 0 Å². The monoisotopic (exact) mass is 383 g/mol. The van der Waals surface area contributed by atoms with Crippen molar-refractivity contribution in [3.05, 3.63) is 11.6 Å². The molecule has 2 unspecified atom stereocenters. The summed E-state index contributed by atoms with van der Waals surface area (Å²) in [6.07, 6.45) is -2.23. The van der Waals surface area contributed by atoms with Gasteiger partial charge in [-0.1, -0.05) is 0 Å². The number of nitrogens with one attached hydrogen (secondary N) is 1. The van der Waals surface area contributed by atoms with E-state index in [4.69, 9.17) is 11.5 Å². The molecule has 148 valence electrons. The first-order valence-electron chi connectivity index (χ1n) is 9.41. The van der Waals surface area contributed by atoms with Gasteiger partial charge in [0.15, 0.2) is 0 Å². The molecule has 0 radical (unpaired) electrons. The van der Waals surface area contributed by atoms with Gasteiger partial charge < -0.3 is 21.7 Å². The van der Waals surface area contributed by atoms with Crippen molar-refractivity contribution in [2.24, 2.45) is 17.8 Å². The third-order valence-electron chi connectivity index (χ3n) is 6.11. The van der Waals surface area contributed by atoms with Crippen molar-refractivity contribution in [1.82, 2.24) is 10.3 Å². The molecule has 3 aliphatic rings. The van der Waals surface area contributed by atoms with Crippen LogP contribution in [0.1, 0.15) is 42.5 Å². The zero-order chi connectivity index (χ0) is 19.3. The number of pyridine rings is 1. The number of piperidine rings is 1. The largest absolute Gasteiger partial charge is 0.396 e. The zero-order valence-electron chi connectivity index (χ0n) is 14.9. The van der Waals surface area contributed by atoms with Gasteiger partial charge in [-0.15, -0.1) is 0 Å². The molecule has 2 saturated carbocycles. The molecule has 5 N–H and O–H groups in total. The van der Waals surface area contributed by atoms with E-state index < -0.39 is 12.1 Å². The Bertz CT molecular complexity index is 735. The lowest BCUT2D eigenvalue weighted by Gasteiger charge is -2.30. The van der Waals surface area contributed by atoms with Crippen molar-refractivity contribution < 1.29 is 18.0 Å². The molecule has 27 heavy (non-hydrogen) atoms. The van der Waals surface area contributed by atoms with Crippen LogP contribution in [-0.4, -0.2) is 36.2 Å². The average molecular weight is 383 g/mol. The van der Waals surface area contributed by atoms with Gasteiger partial charge in [0.05, 0.1) is 17.2 Å². The third-order valence-corrected chi connectivity index (χ3v) is 6.11. The van der Waals surface area contributed by atoms with Crippen LogP contribution in [0.5, 0.6) is 0 Å². The van der Waals surface area contributed by atoms with Crippen molar-refractivity contribution in [2.75, 3.05) is 29.5 Å². The van der Waals surface area contributed by atoms with Crippen LogP contribution in [0.2, 0.25) is 0 Å². The Kier molecular flexibility index (Phi) is 4.35. The van der Waals surface area contributed by atoms with Gasteiger partial charge in [0.25, 0.3) is 5.91 Å². The van der Waals surface area contributed by atoms with E-state index >= 15 is 0 Å². The summed E-state index contributed by atoms with van der Waals surface area (Å²) >= 11 is 0. The molecule has 0 spiro atoms. The maximum atomic E-state index is 12.8. The van der Waals surface area contributed by atoms with Gasteiger partial charge in [-0.2, -0.15) is 13.2 Å². The Morgan fingerprint density at radius 3 is 2.37 bits per heavy atom. The van der Waals surface area contributed by atoms with E-state index in [1.807, 2.05) is 0 Å². The quantitative estimate of drug-likeness (QED) is 0.745. The molecule has 1 aliphatic heterocycles. The van der Waals surface area contributed by atoms with Crippen molar-refractivity contribution in [3.8, 4) is 0 Å². The number of carbonyl (C=O) groups is 1. The standard InChI is InChI=1S/C18H24F3N5O/c19-18(20,21)11-1-3-12(4-2-11)24-17(27)13-6-14(22)15(23)25-16(13)26-7-9-5-10(9)8-26/h6,9-12H,1-5,7-8,22H2,(H2,23,25)(H,24,27)/t9?,10?,11-,12-. The van der Waals surface area contributed by atoms with E-state index in [2.05, 4.69) is 15.2 Å². The Balaban J connectivity index is 1.46. The van der Waals surface area contributed by atoms with Gasteiger partial charge in [0.1, 0.15) is 11.6 Å². The topological polar surface area (TPSA) is 97.3 Å². The second-order valence-corrected chi connectivity index (χ2v) is 8.06. The Morgan fingerprint density at radius 1 is 1.15 bits per heavy atom. The fraction of sp³-hybridized carbons (Fsp3) is 0.667. The highest BCUT2D eigenvalue weighted by molar-refractivity contribution is 6.00.